The lowest BCUT2D eigenvalue weighted by molar-refractivity contribution is 0.471. The van der Waals surface area contributed by atoms with Crippen LogP contribution in [0.3, 0.4) is 0 Å². The van der Waals surface area contributed by atoms with E-state index in [9.17, 15) is 5.11 Å². The first-order chi connectivity index (χ1) is 13.4. The zero-order valence-electron chi connectivity index (χ0n) is 14.6. The lowest BCUT2D eigenvalue weighted by Crippen LogP contribution is -1.86. The van der Waals surface area contributed by atoms with Crippen LogP contribution in [-0.4, -0.2) is 16.3 Å². The Labute approximate surface area is 179 Å². The number of nitrogens with zero attached hydrogens (tertiary/aromatic N) is 2. The van der Waals surface area contributed by atoms with Gasteiger partial charge in [0.05, 0.1) is 20.7 Å². The Balaban J connectivity index is 1.69. The fourth-order valence-corrected chi connectivity index (χ4v) is 3.86. The molecule has 0 unspecified atom stereocenters. The van der Waals surface area contributed by atoms with Crippen LogP contribution in [0, 0.1) is 6.92 Å². The molecule has 0 saturated heterocycles. The van der Waals surface area contributed by atoms with Crippen molar-refractivity contribution in [1.29, 1.82) is 0 Å². The standard InChI is InChI=1S/C21H13BrCl2N2O2/c1-11-6-12(20(27)16(22)7-11)10-25-14-3-5-19-18(9-14)26-21(28-19)15-4-2-13(23)8-17(15)24/h2-10,27H,1H3. The van der Waals surface area contributed by atoms with E-state index in [-0.39, 0.29) is 5.75 Å². The second-order valence-electron chi connectivity index (χ2n) is 6.24. The molecular weight excluding hydrogens is 463 g/mol. The lowest BCUT2D eigenvalue weighted by Gasteiger charge is -2.03. The van der Waals surface area contributed by atoms with Gasteiger partial charge in [0.15, 0.2) is 5.58 Å². The van der Waals surface area contributed by atoms with Gasteiger partial charge in [-0.25, -0.2) is 4.98 Å². The number of phenols is 1. The maximum absolute atomic E-state index is 10.2. The van der Waals surface area contributed by atoms with E-state index in [1.54, 1.807) is 30.5 Å². The second kappa shape index (κ2) is 7.59. The summed E-state index contributed by atoms with van der Waals surface area (Å²) in [6.07, 6.45) is 1.62. The number of hydrogen-bond donors (Lipinski definition) is 1. The minimum Gasteiger partial charge on any atom is -0.506 e. The molecule has 0 amide bonds. The van der Waals surface area contributed by atoms with Gasteiger partial charge in [-0.15, -0.1) is 0 Å². The molecule has 1 N–H and O–H groups in total. The number of phenolic OH excluding ortho intramolecular Hbond substituents is 1. The van der Waals surface area contributed by atoms with Crippen molar-refractivity contribution in [3.8, 4) is 17.2 Å². The van der Waals surface area contributed by atoms with Crippen LogP contribution >= 0.6 is 39.1 Å². The van der Waals surface area contributed by atoms with E-state index in [2.05, 4.69) is 25.9 Å². The van der Waals surface area contributed by atoms with Gasteiger partial charge in [0.25, 0.3) is 0 Å². The van der Waals surface area contributed by atoms with E-state index in [1.165, 1.54) is 0 Å². The molecule has 0 spiro atoms. The summed E-state index contributed by atoms with van der Waals surface area (Å²) in [5.41, 5.74) is 4.28. The molecule has 4 rings (SSSR count). The van der Waals surface area contributed by atoms with Gasteiger partial charge in [0.2, 0.25) is 5.89 Å². The van der Waals surface area contributed by atoms with Crippen molar-refractivity contribution in [2.24, 2.45) is 4.99 Å². The van der Waals surface area contributed by atoms with Crippen molar-refractivity contribution in [2.75, 3.05) is 0 Å². The molecule has 140 valence electrons. The van der Waals surface area contributed by atoms with Gasteiger partial charge in [-0.2, -0.15) is 0 Å². The zero-order valence-corrected chi connectivity index (χ0v) is 17.7. The third kappa shape index (κ3) is 3.78. The van der Waals surface area contributed by atoms with Crippen LogP contribution in [0.4, 0.5) is 5.69 Å². The second-order valence-corrected chi connectivity index (χ2v) is 7.94. The van der Waals surface area contributed by atoms with Gasteiger partial charge in [-0.05, 0) is 76.9 Å². The molecule has 0 radical (unpaired) electrons. The summed E-state index contributed by atoms with van der Waals surface area (Å²) in [5, 5.41) is 11.2. The fraction of sp³-hybridized carbons (Fsp3) is 0.0476. The highest BCUT2D eigenvalue weighted by molar-refractivity contribution is 9.10. The van der Waals surface area contributed by atoms with Crippen LogP contribution in [0.15, 0.2) is 62.4 Å². The van der Waals surface area contributed by atoms with Crippen LogP contribution in [0.25, 0.3) is 22.6 Å². The van der Waals surface area contributed by atoms with Crippen molar-refractivity contribution in [2.45, 2.75) is 6.92 Å². The smallest absolute Gasteiger partial charge is 0.228 e. The van der Waals surface area contributed by atoms with Gasteiger partial charge < -0.3 is 9.52 Å². The normalized spacial score (nSPS) is 11.6. The van der Waals surface area contributed by atoms with Gasteiger partial charge in [0, 0.05) is 16.8 Å². The summed E-state index contributed by atoms with van der Waals surface area (Å²) in [4.78, 5) is 8.96. The molecule has 0 bridgehead atoms. The quantitative estimate of drug-likeness (QED) is 0.315. The van der Waals surface area contributed by atoms with Crippen molar-refractivity contribution in [1.82, 2.24) is 4.98 Å². The number of benzene rings is 3. The SMILES string of the molecule is Cc1cc(Br)c(O)c(C=Nc2ccc3oc(-c4ccc(Cl)cc4Cl)nc3c2)c1. The molecule has 4 aromatic rings. The van der Waals surface area contributed by atoms with E-state index in [1.807, 2.05) is 31.2 Å². The van der Waals surface area contributed by atoms with Gasteiger partial charge in [0.1, 0.15) is 11.3 Å². The Hall–Kier alpha value is -2.34. The molecule has 0 saturated carbocycles. The Morgan fingerprint density at radius 3 is 2.71 bits per heavy atom. The summed E-state index contributed by atoms with van der Waals surface area (Å²) in [7, 11) is 0. The first-order valence-corrected chi connectivity index (χ1v) is 9.85. The topological polar surface area (TPSA) is 58.6 Å². The summed E-state index contributed by atoms with van der Waals surface area (Å²) >= 11 is 15.5. The number of fused-ring (bicyclic) bond motifs is 1. The lowest BCUT2D eigenvalue weighted by atomic mass is 10.1. The van der Waals surface area contributed by atoms with E-state index in [4.69, 9.17) is 27.6 Å². The summed E-state index contributed by atoms with van der Waals surface area (Å²) in [6, 6.07) is 14.3. The van der Waals surface area contributed by atoms with Crippen molar-refractivity contribution in [3.63, 3.8) is 0 Å². The van der Waals surface area contributed by atoms with Gasteiger partial charge in [-0.1, -0.05) is 23.2 Å². The van der Waals surface area contributed by atoms with E-state index in [0.717, 1.165) is 5.56 Å². The molecular formula is C21H13BrCl2N2O2. The average Bonchev–Trinajstić information content (AvgIpc) is 3.06. The van der Waals surface area contributed by atoms with Crippen molar-refractivity contribution >= 4 is 62.1 Å². The summed E-state index contributed by atoms with van der Waals surface area (Å²) in [5.74, 6) is 0.564. The van der Waals surface area contributed by atoms with Crippen molar-refractivity contribution in [3.05, 3.63) is 74.2 Å². The number of hydrogen-bond acceptors (Lipinski definition) is 4. The molecule has 0 aliphatic rings. The monoisotopic (exact) mass is 474 g/mol. The molecule has 4 nitrogen and oxygen atoms in total. The highest BCUT2D eigenvalue weighted by Gasteiger charge is 2.12. The van der Waals surface area contributed by atoms with Crippen molar-refractivity contribution < 1.29 is 9.52 Å². The highest BCUT2D eigenvalue weighted by atomic mass is 79.9. The number of aliphatic imine (C=N–C) groups is 1. The minimum atomic E-state index is 0.150. The number of rotatable bonds is 3. The Morgan fingerprint density at radius 1 is 1.11 bits per heavy atom. The summed E-state index contributed by atoms with van der Waals surface area (Å²) in [6.45, 7) is 1.95. The molecule has 0 atom stereocenters. The molecule has 0 fully saturated rings. The third-order valence-corrected chi connectivity index (χ3v) is 5.27. The van der Waals surface area contributed by atoms with Crippen LogP contribution in [0.1, 0.15) is 11.1 Å². The number of aromatic hydroxyl groups is 1. The number of aromatic nitrogens is 1. The molecule has 1 heterocycles. The number of oxazole rings is 1. The molecule has 7 heteroatoms. The number of halogens is 3. The predicted molar refractivity (Wildman–Crippen MR) is 117 cm³/mol. The molecule has 1 aromatic heterocycles. The number of aryl methyl sites for hydroxylation is 1. The first kappa shape index (κ1) is 19.0. The zero-order chi connectivity index (χ0) is 19.8. The van der Waals surface area contributed by atoms with Crippen LogP contribution in [-0.2, 0) is 0 Å². The Morgan fingerprint density at radius 2 is 1.93 bits per heavy atom. The summed E-state index contributed by atoms with van der Waals surface area (Å²) < 4.78 is 6.44. The fourth-order valence-electron chi connectivity index (χ4n) is 2.78. The van der Waals surface area contributed by atoms with E-state index >= 15 is 0 Å². The van der Waals surface area contributed by atoms with Crippen LogP contribution in [0.2, 0.25) is 10.0 Å². The highest BCUT2D eigenvalue weighted by Crippen LogP contribution is 2.33. The van der Waals surface area contributed by atoms with E-state index < -0.39 is 0 Å². The van der Waals surface area contributed by atoms with Crippen LogP contribution in [0.5, 0.6) is 5.75 Å². The first-order valence-electron chi connectivity index (χ1n) is 8.30. The molecule has 28 heavy (non-hydrogen) atoms. The predicted octanol–water partition coefficient (Wildman–Crippen LogP) is 7.33. The Kier molecular flexibility index (Phi) is 5.15. The van der Waals surface area contributed by atoms with Gasteiger partial charge in [-0.3, -0.25) is 4.99 Å². The molecule has 3 aromatic carbocycles. The third-order valence-electron chi connectivity index (χ3n) is 4.12. The largest absolute Gasteiger partial charge is 0.506 e. The van der Waals surface area contributed by atoms with E-state index in [0.29, 0.717) is 48.3 Å². The van der Waals surface area contributed by atoms with Gasteiger partial charge >= 0.3 is 0 Å². The average molecular weight is 476 g/mol. The maximum Gasteiger partial charge on any atom is 0.228 e. The van der Waals surface area contributed by atoms with Crippen LogP contribution < -0.4 is 0 Å². The maximum atomic E-state index is 10.2. The Bertz CT molecular complexity index is 1230. The molecule has 0 aliphatic carbocycles. The molecule has 0 aliphatic heterocycles. The minimum absolute atomic E-state index is 0.150.